The number of aromatic nitrogens is 4. The molecule has 9 rings (SSSR count). The summed E-state index contributed by atoms with van der Waals surface area (Å²) in [5.74, 6) is 2.45. The number of hydrogen-bond acceptors (Lipinski definition) is 6. The van der Waals surface area contributed by atoms with Gasteiger partial charge in [-0.2, -0.15) is 0 Å². The number of hydrogen-bond donors (Lipinski definition) is 0. The van der Waals surface area contributed by atoms with E-state index in [0.717, 1.165) is 66.4 Å². The molecule has 0 aliphatic rings. The molecule has 0 saturated carbocycles. The Bertz CT molecular complexity index is 2460. The maximum atomic E-state index is 6.45. The zero-order valence-electron chi connectivity index (χ0n) is 24.5. The molecule has 0 amide bonds. The van der Waals surface area contributed by atoms with Crippen molar-refractivity contribution in [1.29, 1.82) is 0 Å². The lowest BCUT2D eigenvalue weighted by atomic mass is 10.0. The Morgan fingerprint density at radius 2 is 0.783 bits per heavy atom. The Morgan fingerprint density at radius 1 is 0.326 bits per heavy atom. The van der Waals surface area contributed by atoms with Crippen molar-refractivity contribution in [3.8, 4) is 56.7 Å². The highest BCUT2D eigenvalue weighted by atomic mass is 16.3. The van der Waals surface area contributed by atoms with Crippen LogP contribution in [0.2, 0.25) is 0 Å². The number of fused-ring (bicyclic) bond motifs is 4. The summed E-state index contributed by atoms with van der Waals surface area (Å²) in [6.07, 6.45) is 0. The molecule has 0 fully saturated rings. The van der Waals surface area contributed by atoms with Gasteiger partial charge in [0.25, 0.3) is 0 Å². The Hall–Kier alpha value is -6.40. The lowest BCUT2D eigenvalue weighted by Gasteiger charge is -2.08. The van der Waals surface area contributed by atoms with E-state index in [2.05, 4.69) is 35.3 Å². The highest BCUT2D eigenvalue weighted by molar-refractivity contribution is 6.07. The van der Waals surface area contributed by atoms with Crippen molar-refractivity contribution in [2.75, 3.05) is 0 Å². The first-order chi connectivity index (χ1) is 22.7. The molecular weight excluding hydrogens is 568 g/mol. The minimum absolute atomic E-state index is 0.589. The van der Waals surface area contributed by atoms with Gasteiger partial charge in [-0.15, -0.1) is 0 Å². The summed E-state index contributed by atoms with van der Waals surface area (Å²) in [6, 6.07) is 48.4. The topological polar surface area (TPSA) is 77.8 Å². The Balaban J connectivity index is 1.11. The average Bonchev–Trinajstić information content (AvgIpc) is 3.73. The lowest BCUT2D eigenvalue weighted by Crippen LogP contribution is -2.00. The summed E-state index contributed by atoms with van der Waals surface area (Å²) in [7, 11) is 0. The fourth-order valence-corrected chi connectivity index (χ4v) is 5.84. The first kappa shape index (κ1) is 26.0. The normalized spacial score (nSPS) is 11.5. The van der Waals surface area contributed by atoms with E-state index in [1.807, 2.05) is 115 Å². The van der Waals surface area contributed by atoms with Crippen molar-refractivity contribution >= 4 is 33.0 Å². The van der Waals surface area contributed by atoms with Gasteiger partial charge in [0.1, 0.15) is 16.7 Å². The molecule has 0 radical (unpaired) electrons. The third-order valence-electron chi connectivity index (χ3n) is 8.17. The van der Waals surface area contributed by atoms with Crippen LogP contribution in [0.15, 0.2) is 154 Å². The zero-order valence-corrected chi connectivity index (χ0v) is 24.5. The molecule has 3 aromatic heterocycles. The summed E-state index contributed by atoms with van der Waals surface area (Å²) in [5, 5.41) is 2.08. The molecular formula is C40H24N4O2. The molecule has 6 nitrogen and oxygen atoms in total. The van der Waals surface area contributed by atoms with Crippen molar-refractivity contribution in [1.82, 2.24) is 19.9 Å². The van der Waals surface area contributed by atoms with Gasteiger partial charge in [0.15, 0.2) is 23.1 Å². The van der Waals surface area contributed by atoms with Gasteiger partial charge in [-0.3, -0.25) is 0 Å². The first-order valence-electron chi connectivity index (χ1n) is 15.1. The van der Waals surface area contributed by atoms with Crippen LogP contribution < -0.4 is 0 Å². The minimum Gasteiger partial charge on any atom is -0.456 e. The quantitative estimate of drug-likeness (QED) is 0.198. The van der Waals surface area contributed by atoms with E-state index >= 15 is 0 Å². The molecule has 0 bridgehead atoms. The van der Waals surface area contributed by atoms with Gasteiger partial charge >= 0.3 is 0 Å². The van der Waals surface area contributed by atoms with Crippen LogP contribution in [-0.4, -0.2) is 19.9 Å². The molecule has 0 N–H and O–H groups in total. The van der Waals surface area contributed by atoms with Gasteiger partial charge in [0, 0.05) is 33.0 Å². The fourth-order valence-electron chi connectivity index (χ4n) is 5.84. The summed E-state index contributed by atoms with van der Waals surface area (Å²) < 4.78 is 12.6. The third kappa shape index (κ3) is 4.60. The summed E-state index contributed by atoms with van der Waals surface area (Å²) in [6.45, 7) is 0. The van der Waals surface area contributed by atoms with Gasteiger partial charge in [-0.1, -0.05) is 97.1 Å². The van der Waals surface area contributed by atoms with Crippen LogP contribution in [0.3, 0.4) is 0 Å². The summed E-state index contributed by atoms with van der Waals surface area (Å²) in [4.78, 5) is 19.3. The average molecular weight is 593 g/mol. The SMILES string of the molecule is c1ccc(-c2nc(-c3ccccc3)nc(-c3ccc4c(c3)oc3cc(-c5ccc6nc(-c7ccccc7)oc6c5)ccc34)n2)cc1. The van der Waals surface area contributed by atoms with Gasteiger partial charge in [0.05, 0.1) is 0 Å². The molecule has 6 aromatic carbocycles. The highest BCUT2D eigenvalue weighted by Gasteiger charge is 2.16. The van der Waals surface area contributed by atoms with Crippen molar-refractivity contribution in [3.05, 3.63) is 146 Å². The summed E-state index contributed by atoms with van der Waals surface area (Å²) in [5.41, 5.74) is 8.87. The highest BCUT2D eigenvalue weighted by Crippen LogP contribution is 2.36. The van der Waals surface area contributed by atoms with Crippen LogP contribution in [0.25, 0.3) is 89.8 Å². The molecule has 0 aliphatic heterocycles. The van der Waals surface area contributed by atoms with Crippen LogP contribution in [-0.2, 0) is 0 Å². The van der Waals surface area contributed by atoms with Gasteiger partial charge < -0.3 is 8.83 Å². The molecule has 0 saturated heterocycles. The number of oxazole rings is 1. The van der Waals surface area contributed by atoms with Gasteiger partial charge in [0.2, 0.25) is 5.89 Å². The van der Waals surface area contributed by atoms with E-state index in [-0.39, 0.29) is 0 Å². The molecule has 0 spiro atoms. The van der Waals surface area contributed by atoms with Crippen LogP contribution in [0.4, 0.5) is 0 Å². The standard InChI is InChI=1S/C40H24N4O2/c1-4-10-25(11-5-1)37-42-38(26-12-6-2-7-13-26)44-39(43-37)30-17-20-32-31-19-16-28(22-34(31)45-35(32)24-30)29-18-21-33-36(23-29)46-40(41-33)27-14-8-3-9-15-27/h1-24H. The molecule has 0 unspecified atom stereocenters. The second-order valence-corrected chi connectivity index (χ2v) is 11.1. The maximum absolute atomic E-state index is 6.45. The summed E-state index contributed by atoms with van der Waals surface area (Å²) >= 11 is 0. The molecule has 3 heterocycles. The van der Waals surface area contributed by atoms with Crippen LogP contribution >= 0.6 is 0 Å². The lowest BCUT2D eigenvalue weighted by molar-refractivity contribution is 0.620. The predicted octanol–water partition coefficient (Wildman–Crippen LogP) is 10.2. The van der Waals surface area contributed by atoms with Crippen molar-refractivity contribution in [2.45, 2.75) is 0 Å². The number of nitrogens with zero attached hydrogens (tertiary/aromatic N) is 4. The number of rotatable bonds is 5. The second kappa shape index (κ2) is 10.6. The van der Waals surface area contributed by atoms with Gasteiger partial charge in [-0.05, 0) is 59.7 Å². The minimum atomic E-state index is 0.589. The molecule has 46 heavy (non-hydrogen) atoms. The molecule has 9 aromatic rings. The van der Waals surface area contributed by atoms with E-state index in [4.69, 9.17) is 23.8 Å². The monoisotopic (exact) mass is 592 g/mol. The van der Waals surface area contributed by atoms with E-state index in [0.29, 0.717) is 23.4 Å². The molecule has 0 atom stereocenters. The maximum Gasteiger partial charge on any atom is 0.227 e. The molecule has 216 valence electrons. The smallest absolute Gasteiger partial charge is 0.227 e. The van der Waals surface area contributed by atoms with E-state index in [1.54, 1.807) is 0 Å². The largest absolute Gasteiger partial charge is 0.456 e. The Labute approximate surface area is 263 Å². The van der Waals surface area contributed by atoms with Crippen LogP contribution in [0.5, 0.6) is 0 Å². The predicted molar refractivity (Wildman–Crippen MR) is 182 cm³/mol. The Kier molecular flexibility index (Phi) is 6.03. The zero-order chi connectivity index (χ0) is 30.5. The van der Waals surface area contributed by atoms with Crippen molar-refractivity contribution in [2.24, 2.45) is 0 Å². The number of benzene rings is 6. The Morgan fingerprint density at radius 3 is 1.37 bits per heavy atom. The first-order valence-corrected chi connectivity index (χ1v) is 15.1. The van der Waals surface area contributed by atoms with E-state index < -0.39 is 0 Å². The van der Waals surface area contributed by atoms with E-state index in [9.17, 15) is 0 Å². The van der Waals surface area contributed by atoms with E-state index in [1.165, 1.54) is 0 Å². The van der Waals surface area contributed by atoms with Crippen LogP contribution in [0.1, 0.15) is 0 Å². The molecule has 6 heteroatoms. The van der Waals surface area contributed by atoms with Crippen molar-refractivity contribution < 1.29 is 8.83 Å². The van der Waals surface area contributed by atoms with Crippen LogP contribution in [0, 0.1) is 0 Å². The number of furan rings is 1. The van der Waals surface area contributed by atoms with Gasteiger partial charge in [-0.25, -0.2) is 19.9 Å². The van der Waals surface area contributed by atoms with Crippen molar-refractivity contribution in [3.63, 3.8) is 0 Å². The molecule has 0 aliphatic carbocycles. The second-order valence-electron chi connectivity index (χ2n) is 11.1. The fraction of sp³-hybridized carbons (Fsp3) is 0. The third-order valence-corrected chi connectivity index (χ3v) is 8.17.